The third kappa shape index (κ3) is 5.55. The first-order valence-corrected chi connectivity index (χ1v) is 10.2. The molecule has 1 N–H and O–H groups in total. The monoisotopic (exact) mass is 461 g/mol. The van der Waals surface area contributed by atoms with Gasteiger partial charge in [-0.1, -0.05) is 59.9 Å². The fourth-order valence-electron chi connectivity index (χ4n) is 3.00. The molecule has 0 spiro atoms. The number of carbonyl (C=O) groups is 2. The van der Waals surface area contributed by atoms with E-state index in [1.165, 1.54) is 23.1 Å². The Balaban J connectivity index is 1.92. The SMILES string of the molecule is C=CCN(C(=O)Cc1ccc(C(F)(F)F)cc1)c1cc(-c2ccccc2)sc1OC(=O)O. The van der Waals surface area contributed by atoms with E-state index in [9.17, 15) is 22.8 Å². The molecular weight excluding hydrogens is 443 g/mol. The van der Waals surface area contributed by atoms with E-state index in [0.717, 1.165) is 29.0 Å². The molecule has 1 aromatic heterocycles. The van der Waals surface area contributed by atoms with E-state index >= 15 is 0 Å². The summed E-state index contributed by atoms with van der Waals surface area (Å²) in [4.78, 5) is 26.2. The zero-order valence-electron chi connectivity index (χ0n) is 16.6. The van der Waals surface area contributed by atoms with Crippen LogP contribution in [0.3, 0.4) is 0 Å². The minimum Gasteiger partial charge on any atom is -0.449 e. The lowest BCUT2D eigenvalue weighted by Crippen LogP contribution is -2.32. The van der Waals surface area contributed by atoms with Gasteiger partial charge in [0.15, 0.2) is 0 Å². The second kappa shape index (κ2) is 9.69. The van der Waals surface area contributed by atoms with Crippen molar-refractivity contribution in [2.24, 2.45) is 0 Å². The predicted octanol–water partition coefficient (Wildman–Crippen LogP) is 6.25. The van der Waals surface area contributed by atoms with Crippen LogP contribution in [-0.2, 0) is 17.4 Å². The highest BCUT2D eigenvalue weighted by Crippen LogP contribution is 2.43. The first kappa shape index (κ1) is 23.1. The van der Waals surface area contributed by atoms with Crippen molar-refractivity contribution in [2.45, 2.75) is 12.6 Å². The summed E-state index contributed by atoms with van der Waals surface area (Å²) in [5.74, 6) is -0.447. The van der Waals surface area contributed by atoms with Crippen molar-refractivity contribution in [3.05, 3.63) is 84.4 Å². The maximum absolute atomic E-state index is 13.0. The Morgan fingerprint density at radius 1 is 1.09 bits per heavy atom. The molecule has 0 saturated heterocycles. The van der Waals surface area contributed by atoms with Gasteiger partial charge in [0.05, 0.1) is 17.7 Å². The van der Waals surface area contributed by atoms with Crippen molar-refractivity contribution in [1.29, 1.82) is 0 Å². The Morgan fingerprint density at radius 3 is 2.31 bits per heavy atom. The van der Waals surface area contributed by atoms with Crippen molar-refractivity contribution in [1.82, 2.24) is 0 Å². The van der Waals surface area contributed by atoms with E-state index in [0.29, 0.717) is 10.4 Å². The van der Waals surface area contributed by atoms with Gasteiger partial charge < -0.3 is 14.7 Å². The number of hydrogen-bond acceptors (Lipinski definition) is 4. The molecular formula is C23H18F3NO4S. The Hall–Kier alpha value is -3.59. The lowest BCUT2D eigenvalue weighted by Gasteiger charge is -2.21. The smallest absolute Gasteiger partial charge is 0.449 e. The van der Waals surface area contributed by atoms with Crippen LogP contribution in [0.15, 0.2) is 73.3 Å². The van der Waals surface area contributed by atoms with Crippen molar-refractivity contribution >= 4 is 29.1 Å². The zero-order valence-corrected chi connectivity index (χ0v) is 17.4. The lowest BCUT2D eigenvalue weighted by molar-refractivity contribution is -0.137. The van der Waals surface area contributed by atoms with Crippen LogP contribution in [0.2, 0.25) is 0 Å². The van der Waals surface area contributed by atoms with Gasteiger partial charge in [0.2, 0.25) is 11.0 Å². The molecule has 166 valence electrons. The van der Waals surface area contributed by atoms with Gasteiger partial charge in [-0.3, -0.25) is 4.79 Å². The van der Waals surface area contributed by atoms with Crippen LogP contribution >= 0.6 is 11.3 Å². The third-order valence-electron chi connectivity index (χ3n) is 4.46. The number of amides is 1. The summed E-state index contributed by atoms with van der Waals surface area (Å²) in [6.45, 7) is 3.69. The number of thiophene rings is 1. The molecule has 3 aromatic rings. The standard InChI is InChI=1S/C23H18F3NO4S/c1-2-12-27(20(28)13-15-8-10-17(11-9-15)23(24,25)26)18-14-19(16-6-4-3-5-7-16)32-21(18)31-22(29)30/h2-11,14H,1,12-13H2,(H,29,30). The zero-order chi connectivity index (χ0) is 23.3. The summed E-state index contributed by atoms with van der Waals surface area (Å²) in [6.07, 6.45) is -4.71. The number of rotatable bonds is 7. The normalized spacial score (nSPS) is 11.1. The van der Waals surface area contributed by atoms with Gasteiger partial charge in [-0.05, 0) is 29.3 Å². The third-order valence-corrected chi connectivity index (χ3v) is 5.51. The van der Waals surface area contributed by atoms with Crippen molar-refractivity contribution in [3.63, 3.8) is 0 Å². The molecule has 3 rings (SSSR count). The number of carbonyl (C=O) groups excluding carboxylic acids is 1. The second-order valence-corrected chi connectivity index (χ2v) is 7.70. The van der Waals surface area contributed by atoms with E-state index in [1.54, 1.807) is 6.07 Å². The number of alkyl halides is 3. The first-order valence-electron chi connectivity index (χ1n) is 9.36. The molecule has 0 atom stereocenters. The van der Waals surface area contributed by atoms with Crippen LogP contribution in [0.25, 0.3) is 10.4 Å². The quantitative estimate of drug-likeness (QED) is 0.334. The van der Waals surface area contributed by atoms with E-state index in [4.69, 9.17) is 9.84 Å². The topological polar surface area (TPSA) is 66.8 Å². The maximum Gasteiger partial charge on any atom is 0.512 e. The Kier molecular flexibility index (Phi) is 6.99. The molecule has 0 aliphatic heterocycles. The Morgan fingerprint density at radius 2 is 1.75 bits per heavy atom. The van der Waals surface area contributed by atoms with Crippen molar-refractivity contribution < 1.29 is 32.6 Å². The average Bonchev–Trinajstić information content (AvgIpc) is 3.15. The molecule has 9 heteroatoms. The van der Waals surface area contributed by atoms with Crippen LogP contribution < -0.4 is 9.64 Å². The lowest BCUT2D eigenvalue weighted by atomic mass is 10.1. The fraction of sp³-hybridized carbons (Fsp3) is 0.130. The highest BCUT2D eigenvalue weighted by molar-refractivity contribution is 7.18. The number of carboxylic acid groups (broad SMARTS) is 1. The molecule has 5 nitrogen and oxygen atoms in total. The van der Waals surface area contributed by atoms with Gasteiger partial charge in [-0.15, -0.1) is 6.58 Å². The molecule has 0 bridgehead atoms. The molecule has 0 aliphatic carbocycles. The first-order chi connectivity index (χ1) is 15.2. The maximum atomic E-state index is 13.0. The van der Waals surface area contributed by atoms with Crippen molar-refractivity contribution in [2.75, 3.05) is 11.4 Å². The molecule has 0 saturated carbocycles. The second-order valence-electron chi connectivity index (χ2n) is 6.68. The summed E-state index contributed by atoms with van der Waals surface area (Å²) < 4.78 is 43.2. The Labute approximate surface area is 186 Å². The van der Waals surface area contributed by atoms with Gasteiger partial charge >= 0.3 is 12.3 Å². The van der Waals surface area contributed by atoms with Crippen LogP contribution in [0.1, 0.15) is 11.1 Å². The number of anilines is 1. The summed E-state index contributed by atoms with van der Waals surface area (Å²) in [5.41, 5.74) is 0.635. The number of halogens is 3. The van der Waals surface area contributed by atoms with Crippen LogP contribution in [0.4, 0.5) is 23.7 Å². The van der Waals surface area contributed by atoms with Crippen LogP contribution in [-0.4, -0.2) is 23.7 Å². The van der Waals surface area contributed by atoms with Gasteiger partial charge in [0.25, 0.3) is 0 Å². The molecule has 0 unspecified atom stereocenters. The number of ether oxygens (including phenoxy) is 1. The highest BCUT2D eigenvalue weighted by atomic mass is 32.1. The minimum absolute atomic E-state index is 0.0129. The molecule has 32 heavy (non-hydrogen) atoms. The average molecular weight is 461 g/mol. The van der Waals surface area contributed by atoms with E-state index in [1.807, 2.05) is 30.3 Å². The van der Waals surface area contributed by atoms with E-state index < -0.39 is 23.8 Å². The van der Waals surface area contributed by atoms with Crippen LogP contribution in [0, 0.1) is 0 Å². The molecule has 2 aromatic carbocycles. The highest BCUT2D eigenvalue weighted by Gasteiger charge is 2.30. The van der Waals surface area contributed by atoms with Gasteiger partial charge in [0.1, 0.15) is 0 Å². The molecule has 1 heterocycles. The van der Waals surface area contributed by atoms with E-state index in [-0.39, 0.29) is 23.7 Å². The summed E-state index contributed by atoms with van der Waals surface area (Å²) in [7, 11) is 0. The summed E-state index contributed by atoms with van der Waals surface area (Å²) >= 11 is 1.07. The van der Waals surface area contributed by atoms with Gasteiger partial charge in [0, 0.05) is 11.4 Å². The minimum atomic E-state index is -4.47. The Bertz CT molecular complexity index is 1110. The molecule has 1 amide bonds. The van der Waals surface area contributed by atoms with Crippen molar-refractivity contribution in [3.8, 4) is 15.5 Å². The molecule has 0 fully saturated rings. The largest absolute Gasteiger partial charge is 0.512 e. The van der Waals surface area contributed by atoms with Gasteiger partial charge in [-0.2, -0.15) is 13.2 Å². The summed E-state index contributed by atoms with van der Waals surface area (Å²) in [6, 6.07) is 15.1. The predicted molar refractivity (Wildman–Crippen MR) is 116 cm³/mol. The van der Waals surface area contributed by atoms with Gasteiger partial charge in [-0.25, -0.2) is 4.79 Å². The number of benzene rings is 2. The van der Waals surface area contributed by atoms with E-state index in [2.05, 4.69) is 6.58 Å². The molecule has 0 aliphatic rings. The number of hydrogen-bond donors (Lipinski definition) is 1. The van der Waals surface area contributed by atoms with Crippen LogP contribution in [0.5, 0.6) is 5.06 Å². The fourth-order valence-corrected chi connectivity index (χ4v) is 4.01. The number of nitrogens with zero attached hydrogens (tertiary/aromatic N) is 1. The summed E-state index contributed by atoms with van der Waals surface area (Å²) in [5, 5.41) is 9.13. The molecule has 0 radical (unpaired) electrons.